The van der Waals surface area contributed by atoms with Gasteiger partial charge in [-0.3, -0.25) is 9.59 Å². The van der Waals surface area contributed by atoms with Gasteiger partial charge >= 0.3 is 0 Å². The van der Waals surface area contributed by atoms with Gasteiger partial charge in [-0.2, -0.15) is 0 Å². The van der Waals surface area contributed by atoms with E-state index in [0.29, 0.717) is 35.3 Å². The summed E-state index contributed by atoms with van der Waals surface area (Å²) in [6.07, 6.45) is 1.00. The number of rotatable bonds is 5. The molecule has 8 heteroatoms. The number of carbonyl (C=O) groups is 2. The molecule has 29 heavy (non-hydrogen) atoms. The quantitative estimate of drug-likeness (QED) is 0.805. The molecule has 1 aliphatic rings. The van der Waals surface area contributed by atoms with Crippen molar-refractivity contribution in [3.8, 4) is 0 Å². The van der Waals surface area contributed by atoms with Gasteiger partial charge in [-0.05, 0) is 24.0 Å². The Morgan fingerprint density at radius 1 is 1.21 bits per heavy atom. The smallest absolute Gasteiger partial charge is 0.287 e. The van der Waals surface area contributed by atoms with E-state index in [9.17, 15) is 18.0 Å². The Kier molecular flexibility index (Phi) is 5.44. The molecule has 3 rings (SSSR count). The number of amides is 1. The summed E-state index contributed by atoms with van der Waals surface area (Å²) in [5.74, 6) is 0.164. The Labute approximate surface area is 171 Å². The number of hydrogen-bond donors (Lipinski definition) is 1. The van der Waals surface area contributed by atoms with E-state index < -0.39 is 15.9 Å². The van der Waals surface area contributed by atoms with Gasteiger partial charge in [-0.25, -0.2) is 12.7 Å². The molecule has 0 unspecified atom stereocenters. The summed E-state index contributed by atoms with van der Waals surface area (Å²) in [7, 11) is -0.720. The van der Waals surface area contributed by atoms with Crippen LogP contribution < -0.4 is 5.32 Å². The molecule has 0 fully saturated rings. The lowest BCUT2D eigenvalue weighted by Crippen LogP contribution is -2.27. The van der Waals surface area contributed by atoms with Crippen LogP contribution >= 0.6 is 0 Å². The fourth-order valence-electron chi connectivity index (χ4n) is 3.65. The van der Waals surface area contributed by atoms with Crippen molar-refractivity contribution in [3.63, 3.8) is 0 Å². The summed E-state index contributed by atoms with van der Waals surface area (Å²) >= 11 is 0. The second-order valence-electron chi connectivity index (χ2n) is 8.37. The summed E-state index contributed by atoms with van der Waals surface area (Å²) in [5.41, 5.74) is 1.31. The lowest BCUT2D eigenvalue weighted by Gasteiger charge is -2.27. The van der Waals surface area contributed by atoms with Gasteiger partial charge in [0.2, 0.25) is 10.0 Å². The van der Waals surface area contributed by atoms with Gasteiger partial charge in [-0.1, -0.05) is 32.0 Å². The molecule has 7 nitrogen and oxygen atoms in total. The minimum absolute atomic E-state index is 0.0148. The van der Waals surface area contributed by atoms with Gasteiger partial charge in [0, 0.05) is 39.0 Å². The molecule has 2 aromatic rings. The number of carbonyl (C=O) groups excluding carboxylic acids is 2. The number of ketones is 1. The molecular weight excluding hydrogens is 392 g/mol. The molecule has 0 saturated heterocycles. The monoisotopic (exact) mass is 418 g/mol. The molecule has 1 amide bonds. The molecule has 156 valence electrons. The average Bonchev–Trinajstić information content (AvgIpc) is 2.95. The molecule has 1 heterocycles. The molecule has 0 radical (unpaired) electrons. The summed E-state index contributed by atoms with van der Waals surface area (Å²) in [6.45, 7) is 5.71. The Balaban J connectivity index is 1.85. The average molecular weight is 419 g/mol. The van der Waals surface area contributed by atoms with Crippen molar-refractivity contribution >= 4 is 21.7 Å². The number of sulfonamides is 1. The van der Waals surface area contributed by atoms with Crippen LogP contribution in [0.1, 0.15) is 58.1 Å². The molecule has 0 bridgehead atoms. The maximum Gasteiger partial charge on any atom is 0.287 e. The van der Waals surface area contributed by atoms with E-state index in [0.717, 1.165) is 4.31 Å². The van der Waals surface area contributed by atoms with Gasteiger partial charge < -0.3 is 9.73 Å². The summed E-state index contributed by atoms with van der Waals surface area (Å²) < 4.78 is 31.9. The van der Waals surface area contributed by atoms with E-state index in [-0.39, 0.29) is 28.4 Å². The summed E-state index contributed by atoms with van der Waals surface area (Å²) in [6, 6.07) is 6.52. The largest absolute Gasteiger partial charge is 0.455 e. The zero-order chi connectivity index (χ0) is 21.6. The van der Waals surface area contributed by atoms with Gasteiger partial charge in [0.05, 0.1) is 10.5 Å². The standard InChI is InChI=1S/C21H26N2O5S/c1-13-18-15(24)10-21(2,3)11-16(18)28-19(13)20(25)22-12-14-8-6-7-9-17(14)29(26,27)23(4)5/h6-9H,10-12H2,1-5H3,(H,22,25). The first-order chi connectivity index (χ1) is 13.4. The first kappa shape index (κ1) is 21.3. The lowest BCUT2D eigenvalue weighted by molar-refractivity contribution is 0.0888. The lowest BCUT2D eigenvalue weighted by atomic mass is 9.76. The SMILES string of the molecule is Cc1c(C(=O)NCc2ccccc2S(=O)(=O)N(C)C)oc2c1C(=O)CC(C)(C)C2. The molecule has 0 atom stereocenters. The molecule has 1 aliphatic carbocycles. The number of Topliss-reactive ketones (excluding diaryl/α,β-unsaturated/α-hetero) is 1. The van der Waals surface area contributed by atoms with Crippen LogP contribution in [-0.2, 0) is 23.0 Å². The molecular formula is C21H26N2O5S. The minimum atomic E-state index is -3.64. The molecule has 1 aromatic heterocycles. The number of benzene rings is 1. The summed E-state index contributed by atoms with van der Waals surface area (Å²) in [5, 5.41) is 2.73. The topological polar surface area (TPSA) is 96.7 Å². The van der Waals surface area contributed by atoms with E-state index in [1.54, 1.807) is 25.1 Å². The Hall–Kier alpha value is -2.45. The predicted molar refractivity (Wildman–Crippen MR) is 108 cm³/mol. The van der Waals surface area contributed by atoms with Gasteiger partial charge in [0.1, 0.15) is 5.76 Å². The first-order valence-electron chi connectivity index (χ1n) is 9.38. The van der Waals surface area contributed by atoms with Crippen LogP contribution in [0, 0.1) is 12.3 Å². The third-order valence-corrected chi connectivity index (χ3v) is 7.07. The zero-order valence-corrected chi connectivity index (χ0v) is 18.1. The Morgan fingerprint density at radius 3 is 2.52 bits per heavy atom. The van der Waals surface area contributed by atoms with E-state index in [1.807, 2.05) is 13.8 Å². The van der Waals surface area contributed by atoms with Crippen molar-refractivity contribution in [1.29, 1.82) is 0 Å². The van der Waals surface area contributed by atoms with E-state index >= 15 is 0 Å². The van der Waals surface area contributed by atoms with Crippen LogP contribution in [0.2, 0.25) is 0 Å². The van der Waals surface area contributed by atoms with E-state index in [1.165, 1.54) is 20.2 Å². The molecule has 0 spiro atoms. The van der Waals surface area contributed by atoms with E-state index in [2.05, 4.69) is 5.32 Å². The van der Waals surface area contributed by atoms with Crippen molar-refractivity contribution in [2.45, 2.75) is 45.1 Å². The fraction of sp³-hybridized carbons (Fsp3) is 0.429. The van der Waals surface area contributed by atoms with Crippen molar-refractivity contribution in [1.82, 2.24) is 9.62 Å². The van der Waals surface area contributed by atoms with Gasteiger partial charge in [0.15, 0.2) is 11.5 Å². The maximum absolute atomic E-state index is 12.7. The van der Waals surface area contributed by atoms with Crippen molar-refractivity contribution in [2.75, 3.05) is 14.1 Å². The Morgan fingerprint density at radius 2 is 1.86 bits per heavy atom. The maximum atomic E-state index is 12.7. The molecule has 1 aromatic carbocycles. The second kappa shape index (κ2) is 7.42. The van der Waals surface area contributed by atoms with Crippen LogP contribution in [0.3, 0.4) is 0 Å². The van der Waals surface area contributed by atoms with Crippen molar-refractivity contribution < 1.29 is 22.4 Å². The highest BCUT2D eigenvalue weighted by Crippen LogP contribution is 2.38. The van der Waals surface area contributed by atoms with Crippen LogP contribution in [-0.4, -0.2) is 38.5 Å². The molecule has 0 saturated carbocycles. The summed E-state index contributed by atoms with van der Waals surface area (Å²) in [4.78, 5) is 25.4. The second-order valence-corrected chi connectivity index (χ2v) is 10.5. The van der Waals surface area contributed by atoms with Crippen LogP contribution in [0.25, 0.3) is 0 Å². The highest BCUT2D eigenvalue weighted by Gasteiger charge is 2.37. The number of furan rings is 1. The number of hydrogen-bond acceptors (Lipinski definition) is 5. The highest BCUT2D eigenvalue weighted by molar-refractivity contribution is 7.89. The normalized spacial score (nSPS) is 16.0. The van der Waals surface area contributed by atoms with Crippen LogP contribution in [0.5, 0.6) is 0 Å². The predicted octanol–water partition coefficient (Wildman–Crippen LogP) is 2.92. The number of nitrogens with zero attached hydrogens (tertiary/aromatic N) is 1. The van der Waals surface area contributed by atoms with Gasteiger partial charge in [0.25, 0.3) is 5.91 Å². The fourth-order valence-corrected chi connectivity index (χ4v) is 4.77. The Bertz CT molecular complexity index is 1080. The highest BCUT2D eigenvalue weighted by atomic mass is 32.2. The third-order valence-electron chi connectivity index (χ3n) is 5.15. The number of nitrogens with one attached hydrogen (secondary N) is 1. The minimum Gasteiger partial charge on any atom is -0.455 e. The number of fused-ring (bicyclic) bond motifs is 1. The van der Waals surface area contributed by atoms with Crippen LogP contribution in [0.15, 0.2) is 33.6 Å². The third kappa shape index (κ3) is 4.00. The molecule has 1 N–H and O–H groups in total. The van der Waals surface area contributed by atoms with Gasteiger partial charge in [-0.15, -0.1) is 0 Å². The van der Waals surface area contributed by atoms with Crippen molar-refractivity contribution in [3.05, 3.63) is 52.5 Å². The van der Waals surface area contributed by atoms with Crippen molar-refractivity contribution in [2.24, 2.45) is 5.41 Å². The first-order valence-corrected chi connectivity index (χ1v) is 10.8. The molecule has 0 aliphatic heterocycles. The zero-order valence-electron chi connectivity index (χ0n) is 17.3. The van der Waals surface area contributed by atoms with E-state index in [4.69, 9.17) is 4.42 Å². The van der Waals surface area contributed by atoms with Crippen LogP contribution in [0.4, 0.5) is 0 Å².